The van der Waals surface area contributed by atoms with E-state index < -0.39 is 11.8 Å². The van der Waals surface area contributed by atoms with Gasteiger partial charge in [-0.25, -0.2) is 9.18 Å². The lowest BCUT2D eigenvalue weighted by molar-refractivity contribution is 0.0697. The van der Waals surface area contributed by atoms with E-state index in [1.165, 1.54) is 0 Å². The number of hydrogen-bond donors (Lipinski definition) is 3. The van der Waals surface area contributed by atoms with E-state index in [1.807, 2.05) is 0 Å². The summed E-state index contributed by atoms with van der Waals surface area (Å²) in [5, 5.41) is 8.49. The van der Waals surface area contributed by atoms with Crippen LogP contribution in [0.5, 0.6) is 0 Å². The Labute approximate surface area is 79.8 Å². The van der Waals surface area contributed by atoms with Crippen LogP contribution in [0.3, 0.4) is 0 Å². The van der Waals surface area contributed by atoms with Gasteiger partial charge in [-0.3, -0.25) is 0 Å². The van der Waals surface area contributed by atoms with Gasteiger partial charge >= 0.3 is 5.97 Å². The quantitative estimate of drug-likeness (QED) is 0.601. The normalized spacial score (nSPS) is 9.00. The summed E-state index contributed by atoms with van der Waals surface area (Å²) in [4.78, 5) is 10.4. The van der Waals surface area contributed by atoms with Gasteiger partial charge in [-0.05, 0) is 12.1 Å². The zero-order chi connectivity index (χ0) is 9.30. The monoisotopic (exact) mass is 206 g/mol. The van der Waals surface area contributed by atoms with E-state index in [-0.39, 0.29) is 29.3 Å². The molecule has 0 amide bonds. The van der Waals surface area contributed by atoms with Crippen LogP contribution in [0.15, 0.2) is 12.1 Å². The van der Waals surface area contributed by atoms with Gasteiger partial charge < -0.3 is 16.6 Å². The highest BCUT2D eigenvalue weighted by molar-refractivity contribution is 5.90. The number of carboxylic acids is 1. The highest BCUT2D eigenvalue weighted by atomic mass is 35.5. The van der Waals surface area contributed by atoms with E-state index in [2.05, 4.69) is 0 Å². The van der Waals surface area contributed by atoms with Crippen molar-refractivity contribution >= 4 is 29.8 Å². The maximum absolute atomic E-state index is 12.7. The van der Waals surface area contributed by atoms with Crippen LogP contribution < -0.4 is 11.5 Å². The van der Waals surface area contributed by atoms with Crippen LogP contribution in [0.2, 0.25) is 0 Å². The molecule has 13 heavy (non-hydrogen) atoms. The fraction of sp³-hybridized carbons (Fsp3) is 0. The summed E-state index contributed by atoms with van der Waals surface area (Å²) in [5.41, 5.74) is 9.65. The molecule has 0 unspecified atom stereocenters. The molecule has 0 spiro atoms. The molecular weight excluding hydrogens is 199 g/mol. The summed E-state index contributed by atoms with van der Waals surface area (Å²) in [6.07, 6.45) is 0. The van der Waals surface area contributed by atoms with Crippen molar-refractivity contribution in [2.75, 3.05) is 11.5 Å². The Morgan fingerprint density at radius 3 is 2.00 bits per heavy atom. The second kappa shape index (κ2) is 3.95. The van der Waals surface area contributed by atoms with Gasteiger partial charge in [0.2, 0.25) is 0 Å². The third kappa shape index (κ3) is 2.22. The Bertz CT molecular complexity index is 320. The van der Waals surface area contributed by atoms with E-state index in [0.717, 1.165) is 12.1 Å². The first kappa shape index (κ1) is 11.5. The Balaban J connectivity index is 0.00000144. The maximum atomic E-state index is 12.7. The van der Waals surface area contributed by atoms with Crippen LogP contribution in [0, 0.1) is 5.82 Å². The van der Waals surface area contributed by atoms with Gasteiger partial charge in [-0.15, -0.1) is 12.4 Å². The highest BCUT2D eigenvalue weighted by Gasteiger charge is 2.09. The summed E-state index contributed by atoms with van der Waals surface area (Å²) < 4.78 is 12.7. The van der Waals surface area contributed by atoms with Gasteiger partial charge in [0.15, 0.2) is 5.82 Å². The minimum Gasteiger partial charge on any atom is -0.478 e. The van der Waals surface area contributed by atoms with Crippen LogP contribution in [0.1, 0.15) is 10.4 Å². The van der Waals surface area contributed by atoms with Crippen molar-refractivity contribution in [1.29, 1.82) is 0 Å². The van der Waals surface area contributed by atoms with Gasteiger partial charge in [-0.2, -0.15) is 0 Å². The number of nitrogens with two attached hydrogens (primary N) is 2. The average molecular weight is 207 g/mol. The van der Waals surface area contributed by atoms with Crippen LogP contribution in [0.25, 0.3) is 0 Å². The first-order chi connectivity index (χ1) is 5.52. The lowest BCUT2D eigenvalue weighted by Gasteiger charge is -2.01. The molecule has 0 aromatic heterocycles. The van der Waals surface area contributed by atoms with Crippen molar-refractivity contribution < 1.29 is 14.3 Å². The minimum absolute atomic E-state index is 0. The van der Waals surface area contributed by atoms with E-state index in [1.54, 1.807) is 0 Å². The summed E-state index contributed by atoms with van der Waals surface area (Å²) in [7, 11) is 0. The number of carboxylic acid groups (broad SMARTS) is 1. The minimum atomic E-state index is -1.19. The molecular formula is C7H8ClFN2O2. The number of benzene rings is 1. The van der Waals surface area contributed by atoms with Crippen molar-refractivity contribution in [3.8, 4) is 0 Å². The predicted octanol–water partition coefficient (Wildman–Crippen LogP) is 1.11. The molecule has 1 aromatic carbocycles. The molecule has 0 bridgehead atoms. The summed E-state index contributed by atoms with van der Waals surface area (Å²) in [5.74, 6) is -1.96. The molecule has 0 aliphatic rings. The van der Waals surface area contributed by atoms with Crippen LogP contribution in [-0.2, 0) is 0 Å². The number of carbonyl (C=O) groups is 1. The summed E-state index contributed by atoms with van der Waals surface area (Å²) >= 11 is 0. The number of halogens is 2. The van der Waals surface area contributed by atoms with Crippen molar-refractivity contribution in [3.63, 3.8) is 0 Å². The third-order valence-electron chi connectivity index (χ3n) is 1.38. The summed E-state index contributed by atoms with van der Waals surface area (Å²) in [6.45, 7) is 0. The molecule has 1 aromatic rings. The lowest BCUT2D eigenvalue weighted by Crippen LogP contribution is -2.03. The average Bonchev–Trinajstić information content (AvgIpc) is 1.99. The Morgan fingerprint density at radius 2 is 1.69 bits per heavy atom. The van der Waals surface area contributed by atoms with Gasteiger partial charge in [0.1, 0.15) is 0 Å². The van der Waals surface area contributed by atoms with E-state index >= 15 is 0 Å². The molecule has 72 valence electrons. The molecule has 4 nitrogen and oxygen atoms in total. The number of aromatic carboxylic acids is 1. The van der Waals surface area contributed by atoms with Crippen molar-refractivity contribution in [1.82, 2.24) is 0 Å². The largest absolute Gasteiger partial charge is 0.478 e. The van der Waals surface area contributed by atoms with Crippen molar-refractivity contribution in [3.05, 3.63) is 23.5 Å². The lowest BCUT2D eigenvalue weighted by atomic mass is 10.1. The number of nitrogen functional groups attached to an aromatic ring is 2. The first-order valence-electron chi connectivity index (χ1n) is 3.10. The molecule has 0 heterocycles. The first-order valence-corrected chi connectivity index (χ1v) is 3.10. The van der Waals surface area contributed by atoms with E-state index in [0.29, 0.717) is 0 Å². The molecule has 0 saturated heterocycles. The third-order valence-corrected chi connectivity index (χ3v) is 1.38. The number of anilines is 2. The fourth-order valence-corrected chi connectivity index (χ4v) is 0.794. The Hall–Kier alpha value is -1.49. The second-order valence-corrected chi connectivity index (χ2v) is 2.27. The predicted molar refractivity (Wildman–Crippen MR) is 49.4 cm³/mol. The standard InChI is InChI=1S/C7H7FN2O2.ClH/c8-6-4(9)1-3(7(11)12)2-5(6)10;/h1-2H,9-10H2,(H,11,12);1H. The van der Waals surface area contributed by atoms with Crippen LogP contribution in [0.4, 0.5) is 15.8 Å². The molecule has 6 heteroatoms. The van der Waals surface area contributed by atoms with E-state index in [9.17, 15) is 9.18 Å². The topological polar surface area (TPSA) is 89.3 Å². The summed E-state index contributed by atoms with van der Waals surface area (Å²) in [6, 6.07) is 2.04. The molecule has 0 atom stereocenters. The van der Waals surface area contributed by atoms with Crippen molar-refractivity contribution in [2.24, 2.45) is 0 Å². The molecule has 0 saturated carbocycles. The van der Waals surface area contributed by atoms with Crippen LogP contribution in [-0.4, -0.2) is 11.1 Å². The molecule has 0 aliphatic carbocycles. The molecule has 0 aliphatic heterocycles. The molecule has 1 rings (SSSR count). The Morgan fingerprint density at radius 1 is 1.31 bits per heavy atom. The van der Waals surface area contributed by atoms with Gasteiger partial charge in [0.05, 0.1) is 16.9 Å². The van der Waals surface area contributed by atoms with Gasteiger partial charge in [0.25, 0.3) is 0 Å². The molecule has 0 radical (unpaired) electrons. The zero-order valence-corrected chi connectivity index (χ0v) is 7.27. The number of hydrogen-bond acceptors (Lipinski definition) is 3. The SMILES string of the molecule is Cl.Nc1cc(C(=O)O)cc(N)c1F. The molecule has 0 fully saturated rings. The van der Waals surface area contributed by atoms with Gasteiger partial charge in [-0.1, -0.05) is 0 Å². The van der Waals surface area contributed by atoms with Crippen LogP contribution >= 0.6 is 12.4 Å². The highest BCUT2D eigenvalue weighted by Crippen LogP contribution is 2.19. The number of rotatable bonds is 1. The van der Waals surface area contributed by atoms with Crippen molar-refractivity contribution in [2.45, 2.75) is 0 Å². The van der Waals surface area contributed by atoms with Gasteiger partial charge in [0, 0.05) is 0 Å². The smallest absolute Gasteiger partial charge is 0.335 e. The Kier molecular flexibility index (Phi) is 3.50. The van der Waals surface area contributed by atoms with E-state index in [4.69, 9.17) is 16.6 Å². The maximum Gasteiger partial charge on any atom is 0.335 e. The second-order valence-electron chi connectivity index (χ2n) is 2.27. The molecule has 5 N–H and O–H groups in total. The zero-order valence-electron chi connectivity index (χ0n) is 6.45. The fourth-order valence-electron chi connectivity index (χ4n) is 0.794.